The molecule has 1 aliphatic heterocycles. The molecule has 0 unspecified atom stereocenters. The van der Waals surface area contributed by atoms with Gasteiger partial charge < -0.3 is 9.84 Å². The molecule has 0 amide bonds. The zero-order chi connectivity index (χ0) is 19.6. The van der Waals surface area contributed by atoms with Crippen LogP contribution >= 0.6 is 0 Å². The third-order valence-electron chi connectivity index (χ3n) is 5.47. The highest BCUT2D eigenvalue weighted by Gasteiger charge is 2.25. The summed E-state index contributed by atoms with van der Waals surface area (Å²) in [5, 5.41) is 9.51. The molecule has 3 rings (SSSR count). The van der Waals surface area contributed by atoms with Crippen LogP contribution < -0.4 is 4.74 Å². The summed E-state index contributed by atoms with van der Waals surface area (Å²) in [6.07, 6.45) is 6.31. The van der Waals surface area contributed by atoms with Gasteiger partial charge in [-0.3, -0.25) is 9.80 Å². The number of ether oxygens (including phenoxy) is 1. The van der Waals surface area contributed by atoms with E-state index < -0.39 is 0 Å². The highest BCUT2D eigenvalue weighted by molar-refractivity contribution is 5.50. The van der Waals surface area contributed by atoms with Gasteiger partial charge in [-0.1, -0.05) is 54.6 Å². The number of aliphatic hydroxyl groups is 1. The van der Waals surface area contributed by atoms with Crippen LogP contribution in [0.15, 0.2) is 60.7 Å². The second kappa shape index (κ2) is 11.0. The average molecular weight is 381 g/mol. The summed E-state index contributed by atoms with van der Waals surface area (Å²) in [6.45, 7) is 5.41. The first kappa shape index (κ1) is 20.6. The van der Waals surface area contributed by atoms with Crippen molar-refractivity contribution in [3.8, 4) is 5.75 Å². The van der Waals surface area contributed by atoms with Gasteiger partial charge in [-0.15, -0.1) is 0 Å². The highest BCUT2D eigenvalue weighted by atomic mass is 16.5. The zero-order valence-electron chi connectivity index (χ0n) is 16.8. The van der Waals surface area contributed by atoms with E-state index in [1.807, 2.05) is 12.1 Å². The molecule has 2 aromatic carbocycles. The lowest BCUT2D eigenvalue weighted by Crippen LogP contribution is -2.53. The Morgan fingerprint density at radius 2 is 1.86 bits per heavy atom. The lowest BCUT2D eigenvalue weighted by Gasteiger charge is -2.41. The fourth-order valence-electron chi connectivity index (χ4n) is 3.81. The second-order valence-electron chi connectivity index (χ2n) is 7.37. The fourth-order valence-corrected chi connectivity index (χ4v) is 3.81. The molecule has 1 atom stereocenters. The molecule has 0 bridgehead atoms. The Balaban J connectivity index is 1.49. The molecule has 0 saturated carbocycles. The van der Waals surface area contributed by atoms with Gasteiger partial charge in [-0.05, 0) is 36.1 Å². The SMILES string of the molecule is COc1ccc(/C=C/CN2CCN(CCc3ccccc3)[C@@H](CCO)C2)cc1. The van der Waals surface area contributed by atoms with Crippen molar-refractivity contribution in [2.45, 2.75) is 18.9 Å². The Bertz CT molecular complexity index is 715. The van der Waals surface area contributed by atoms with Crippen molar-refractivity contribution in [1.29, 1.82) is 0 Å². The van der Waals surface area contributed by atoms with Crippen molar-refractivity contribution in [1.82, 2.24) is 9.80 Å². The van der Waals surface area contributed by atoms with Crippen LogP contribution in [0.4, 0.5) is 0 Å². The van der Waals surface area contributed by atoms with Crippen molar-refractivity contribution in [2.75, 3.05) is 46.4 Å². The Morgan fingerprint density at radius 1 is 1.07 bits per heavy atom. The Morgan fingerprint density at radius 3 is 2.57 bits per heavy atom. The lowest BCUT2D eigenvalue weighted by molar-refractivity contribution is 0.0662. The molecule has 0 aliphatic carbocycles. The van der Waals surface area contributed by atoms with Crippen molar-refractivity contribution in [2.24, 2.45) is 0 Å². The number of hydrogen-bond acceptors (Lipinski definition) is 4. The van der Waals surface area contributed by atoms with E-state index in [0.717, 1.165) is 51.3 Å². The number of piperazine rings is 1. The van der Waals surface area contributed by atoms with E-state index in [4.69, 9.17) is 4.74 Å². The van der Waals surface area contributed by atoms with E-state index >= 15 is 0 Å². The first-order valence-electron chi connectivity index (χ1n) is 10.2. The number of rotatable bonds is 9. The van der Waals surface area contributed by atoms with Crippen LogP contribution in [0.1, 0.15) is 17.5 Å². The molecular formula is C24H32N2O2. The second-order valence-corrected chi connectivity index (χ2v) is 7.37. The van der Waals surface area contributed by atoms with Crippen molar-refractivity contribution in [3.63, 3.8) is 0 Å². The minimum Gasteiger partial charge on any atom is -0.497 e. The van der Waals surface area contributed by atoms with Crippen LogP contribution in [-0.2, 0) is 6.42 Å². The van der Waals surface area contributed by atoms with Crippen LogP contribution in [-0.4, -0.2) is 67.4 Å². The predicted octanol–water partition coefficient (Wildman–Crippen LogP) is 3.32. The van der Waals surface area contributed by atoms with E-state index in [2.05, 4.69) is 64.4 Å². The molecule has 0 aromatic heterocycles. The van der Waals surface area contributed by atoms with Crippen LogP contribution in [0.3, 0.4) is 0 Å². The normalized spacial score (nSPS) is 18.6. The van der Waals surface area contributed by atoms with Gasteiger partial charge in [0, 0.05) is 45.4 Å². The summed E-state index contributed by atoms with van der Waals surface area (Å²) >= 11 is 0. The number of benzene rings is 2. The summed E-state index contributed by atoms with van der Waals surface area (Å²) in [6, 6.07) is 19.2. The standard InChI is InChI=1S/C24H32N2O2/c1-28-24-11-9-22(10-12-24)8-5-15-25-17-18-26(23(20-25)14-19-27)16-13-21-6-3-2-4-7-21/h2-12,23,27H,13-20H2,1H3/b8-5+/t23-/m0/s1. The molecule has 0 spiro atoms. The largest absolute Gasteiger partial charge is 0.497 e. The zero-order valence-corrected chi connectivity index (χ0v) is 16.8. The van der Waals surface area contributed by atoms with Gasteiger partial charge >= 0.3 is 0 Å². The van der Waals surface area contributed by atoms with Crippen molar-refractivity contribution >= 4 is 6.08 Å². The number of nitrogens with zero attached hydrogens (tertiary/aromatic N) is 2. The Labute approximate surface area is 169 Å². The minimum absolute atomic E-state index is 0.252. The number of methoxy groups -OCH3 is 1. The van der Waals surface area contributed by atoms with E-state index in [1.54, 1.807) is 7.11 Å². The maximum Gasteiger partial charge on any atom is 0.118 e. The van der Waals surface area contributed by atoms with E-state index in [1.165, 1.54) is 11.1 Å². The number of aliphatic hydroxyl groups excluding tert-OH is 1. The Kier molecular flexibility index (Phi) is 8.09. The molecule has 0 radical (unpaired) electrons. The molecule has 150 valence electrons. The maximum absolute atomic E-state index is 9.51. The molecule has 1 heterocycles. The van der Waals surface area contributed by atoms with Gasteiger partial charge in [-0.25, -0.2) is 0 Å². The molecule has 1 fully saturated rings. The average Bonchev–Trinajstić information content (AvgIpc) is 2.75. The third-order valence-corrected chi connectivity index (χ3v) is 5.47. The van der Waals surface area contributed by atoms with Gasteiger partial charge in [0.05, 0.1) is 7.11 Å². The van der Waals surface area contributed by atoms with Crippen molar-refractivity contribution in [3.05, 3.63) is 71.8 Å². The molecule has 1 N–H and O–H groups in total. The van der Waals surface area contributed by atoms with Crippen LogP contribution in [0, 0.1) is 0 Å². The fraction of sp³-hybridized carbons (Fsp3) is 0.417. The van der Waals surface area contributed by atoms with E-state index in [-0.39, 0.29) is 6.61 Å². The predicted molar refractivity (Wildman–Crippen MR) is 116 cm³/mol. The van der Waals surface area contributed by atoms with Gasteiger partial charge in [-0.2, -0.15) is 0 Å². The van der Waals surface area contributed by atoms with Crippen LogP contribution in [0.2, 0.25) is 0 Å². The van der Waals surface area contributed by atoms with E-state index in [0.29, 0.717) is 6.04 Å². The quantitative estimate of drug-likeness (QED) is 0.724. The van der Waals surface area contributed by atoms with Gasteiger partial charge in [0.1, 0.15) is 5.75 Å². The molecule has 1 aliphatic rings. The van der Waals surface area contributed by atoms with Gasteiger partial charge in [0.15, 0.2) is 0 Å². The highest BCUT2D eigenvalue weighted by Crippen LogP contribution is 2.15. The van der Waals surface area contributed by atoms with Gasteiger partial charge in [0.2, 0.25) is 0 Å². The minimum atomic E-state index is 0.252. The molecule has 4 nitrogen and oxygen atoms in total. The molecule has 1 saturated heterocycles. The molecular weight excluding hydrogens is 348 g/mol. The third kappa shape index (κ3) is 6.20. The molecule has 4 heteroatoms. The topological polar surface area (TPSA) is 35.9 Å². The summed E-state index contributed by atoms with van der Waals surface area (Å²) in [4.78, 5) is 5.03. The summed E-state index contributed by atoms with van der Waals surface area (Å²) in [7, 11) is 1.69. The molecule has 28 heavy (non-hydrogen) atoms. The first-order chi connectivity index (χ1) is 13.8. The summed E-state index contributed by atoms with van der Waals surface area (Å²) < 4.78 is 5.20. The smallest absolute Gasteiger partial charge is 0.118 e. The van der Waals surface area contributed by atoms with Crippen molar-refractivity contribution < 1.29 is 9.84 Å². The van der Waals surface area contributed by atoms with Gasteiger partial charge in [0.25, 0.3) is 0 Å². The maximum atomic E-state index is 9.51. The number of hydrogen-bond donors (Lipinski definition) is 1. The Hall–Kier alpha value is -2.14. The van der Waals surface area contributed by atoms with Crippen LogP contribution in [0.5, 0.6) is 5.75 Å². The first-order valence-corrected chi connectivity index (χ1v) is 10.2. The summed E-state index contributed by atoms with van der Waals surface area (Å²) in [5.74, 6) is 0.885. The van der Waals surface area contributed by atoms with Crippen LogP contribution in [0.25, 0.3) is 6.08 Å². The molecule has 2 aromatic rings. The summed E-state index contributed by atoms with van der Waals surface area (Å²) in [5.41, 5.74) is 2.57. The van der Waals surface area contributed by atoms with E-state index in [9.17, 15) is 5.11 Å². The lowest BCUT2D eigenvalue weighted by atomic mass is 10.1. The monoisotopic (exact) mass is 380 g/mol.